The fraction of sp³-hybridized carbons (Fsp3) is 0.571. The lowest BCUT2D eigenvalue weighted by molar-refractivity contribution is 0.463. The first-order chi connectivity index (χ1) is 7.51. The van der Waals surface area contributed by atoms with E-state index >= 15 is 0 Å². The summed E-state index contributed by atoms with van der Waals surface area (Å²) in [7, 11) is 4.15. The van der Waals surface area contributed by atoms with Gasteiger partial charge >= 0.3 is 0 Å². The second kappa shape index (κ2) is 5.35. The number of benzene rings is 1. The minimum atomic E-state index is 0.127. The maximum absolute atomic E-state index is 3.24. The molecule has 90 valence electrons. The lowest BCUT2D eigenvalue weighted by Gasteiger charge is -2.37. The second-order valence-corrected chi connectivity index (χ2v) is 4.92. The summed E-state index contributed by atoms with van der Waals surface area (Å²) in [6, 6.07) is 8.83. The van der Waals surface area contributed by atoms with Crippen LogP contribution in [0, 0.1) is 0 Å². The molecule has 1 rings (SSSR count). The number of anilines is 1. The van der Waals surface area contributed by atoms with Crippen molar-refractivity contribution in [1.82, 2.24) is 5.32 Å². The van der Waals surface area contributed by atoms with Crippen molar-refractivity contribution in [2.24, 2.45) is 0 Å². The number of hydrogen-bond donors (Lipinski definition) is 1. The van der Waals surface area contributed by atoms with Crippen molar-refractivity contribution in [3.8, 4) is 0 Å². The smallest absolute Gasteiger partial charge is 0.0466 e. The van der Waals surface area contributed by atoms with Crippen LogP contribution in [-0.2, 0) is 6.42 Å². The molecule has 0 saturated heterocycles. The molecule has 2 heteroatoms. The largest absolute Gasteiger partial charge is 0.368 e. The van der Waals surface area contributed by atoms with Gasteiger partial charge in [-0.15, -0.1) is 0 Å². The highest BCUT2D eigenvalue weighted by molar-refractivity contribution is 5.49. The Morgan fingerprint density at radius 3 is 2.19 bits per heavy atom. The molecule has 0 unspecified atom stereocenters. The summed E-state index contributed by atoms with van der Waals surface area (Å²) < 4.78 is 0. The molecule has 1 aromatic rings. The number of hydrogen-bond acceptors (Lipinski definition) is 2. The second-order valence-electron chi connectivity index (χ2n) is 4.92. The molecule has 1 N–H and O–H groups in total. The summed E-state index contributed by atoms with van der Waals surface area (Å²) in [5.74, 6) is 0. The van der Waals surface area contributed by atoms with Crippen molar-refractivity contribution in [1.29, 1.82) is 0 Å². The van der Waals surface area contributed by atoms with E-state index in [1.54, 1.807) is 0 Å². The summed E-state index contributed by atoms with van der Waals surface area (Å²) in [5, 5.41) is 3.24. The first kappa shape index (κ1) is 13.0. The molecule has 0 aromatic heterocycles. The van der Waals surface area contributed by atoms with Gasteiger partial charge in [0.25, 0.3) is 0 Å². The van der Waals surface area contributed by atoms with Gasteiger partial charge in [0.2, 0.25) is 0 Å². The van der Waals surface area contributed by atoms with Gasteiger partial charge in [-0.3, -0.25) is 0 Å². The molecule has 2 nitrogen and oxygen atoms in total. The van der Waals surface area contributed by atoms with Gasteiger partial charge < -0.3 is 10.2 Å². The van der Waals surface area contributed by atoms with E-state index < -0.39 is 0 Å². The highest BCUT2D eigenvalue weighted by Crippen LogP contribution is 2.22. The number of aryl methyl sites for hydroxylation is 1. The van der Waals surface area contributed by atoms with Crippen LogP contribution in [-0.4, -0.2) is 26.2 Å². The van der Waals surface area contributed by atoms with Crippen LogP contribution in [0.4, 0.5) is 5.69 Å². The fourth-order valence-electron chi connectivity index (χ4n) is 1.86. The summed E-state index contributed by atoms with van der Waals surface area (Å²) in [5.41, 5.74) is 2.80. The maximum atomic E-state index is 3.24. The monoisotopic (exact) mass is 220 g/mol. The Morgan fingerprint density at radius 2 is 1.75 bits per heavy atom. The van der Waals surface area contributed by atoms with Crippen molar-refractivity contribution >= 4 is 5.69 Å². The van der Waals surface area contributed by atoms with Crippen LogP contribution in [0.3, 0.4) is 0 Å². The Kier molecular flexibility index (Phi) is 4.36. The zero-order chi connectivity index (χ0) is 12.2. The highest BCUT2D eigenvalue weighted by Gasteiger charge is 2.22. The van der Waals surface area contributed by atoms with Gasteiger partial charge in [0.05, 0.1) is 0 Å². The summed E-state index contributed by atoms with van der Waals surface area (Å²) in [6.45, 7) is 7.65. The topological polar surface area (TPSA) is 15.3 Å². The number of nitrogens with one attached hydrogen (secondary N) is 1. The van der Waals surface area contributed by atoms with E-state index in [9.17, 15) is 0 Å². The van der Waals surface area contributed by atoms with Crippen molar-refractivity contribution < 1.29 is 0 Å². The van der Waals surface area contributed by atoms with E-state index in [0.717, 1.165) is 13.0 Å². The van der Waals surface area contributed by atoms with Crippen LogP contribution in [0.5, 0.6) is 0 Å². The molecule has 0 heterocycles. The molecule has 0 bridgehead atoms. The van der Waals surface area contributed by atoms with E-state index in [-0.39, 0.29) is 5.54 Å². The molecule has 0 radical (unpaired) electrons. The Hall–Kier alpha value is -1.02. The summed E-state index contributed by atoms with van der Waals surface area (Å²) in [6.07, 6.45) is 1.10. The van der Waals surface area contributed by atoms with Crippen LogP contribution < -0.4 is 10.2 Å². The predicted molar refractivity (Wildman–Crippen MR) is 72.2 cm³/mol. The molecule has 0 atom stereocenters. The highest BCUT2D eigenvalue weighted by atomic mass is 15.2. The zero-order valence-electron chi connectivity index (χ0n) is 11.2. The minimum absolute atomic E-state index is 0.127. The van der Waals surface area contributed by atoms with Gasteiger partial charge in [-0.25, -0.2) is 0 Å². The summed E-state index contributed by atoms with van der Waals surface area (Å²) >= 11 is 0. The third-order valence-electron chi connectivity index (χ3n) is 3.25. The van der Waals surface area contributed by atoms with Gasteiger partial charge in [0.15, 0.2) is 0 Å². The van der Waals surface area contributed by atoms with Gasteiger partial charge in [0.1, 0.15) is 0 Å². The predicted octanol–water partition coefficient (Wildman–Crippen LogP) is 2.68. The molecule has 0 spiro atoms. The first-order valence-electron chi connectivity index (χ1n) is 5.98. The van der Waals surface area contributed by atoms with Crippen LogP contribution in [0.2, 0.25) is 0 Å². The molecule has 0 aliphatic rings. The molecular formula is C14H24N2. The molecule has 0 saturated carbocycles. The Labute approximate surface area is 99.7 Å². The summed E-state index contributed by atoms with van der Waals surface area (Å²) in [4.78, 5) is 2.32. The Balaban J connectivity index is 2.83. The fourth-order valence-corrected chi connectivity index (χ4v) is 1.86. The Bertz CT molecular complexity index is 314. The van der Waals surface area contributed by atoms with Crippen molar-refractivity contribution in [3.63, 3.8) is 0 Å². The zero-order valence-corrected chi connectivity index (χ0v) is 11.2. The van der Waals surface area contributed by atoms with E-state index in [2.05, 4.69) is 62.3 Å². The average Bonchev–Trinajstić information content (AvgIpc) is 2.28. The number of likely N-dealkylation sites (N-methyl/N-ethyl adjacent to an activating group) is 2. The standard InChI is InChI=1S/C14H24N2/c1-6-12-7-9-13(10-8-12)16(5)14(2,3)11-15-4/h7-10,15H,6,11H2,1-5H3. The molecule has 0 amide bonds. The SMILES string of the molecule is CCc1ccc(N(C)C(C)(C)CNC)cc1. The van der Waals surface area contributed by atoms with Gasteiger partial charge in [-0.05, 0) is 45.0 Å². The number of nitrogens with zero attached hydrogens (tertiary/aromatic N) is 1. The van der Waals surface area contributed by atoms with Gasteiger partial charge in [-0.1, -0.05) is 19.1 Å². The third-order valence-corrected chi connectivity index (χ3v) is 3.25. The van der Waals surface area contributed by atoms with Crippen LogP contribution in [0.15, 0.2) is 24.3 Å². The van der Waals surface area contributed by atoms with Crippen LogP contribution in [0.1, 0.15) is 26.3 Å². The quantitative estimate of drug-likeness (QED) is 0.820. The minimum Gasteiger partial charge on any atom is -0.368 e. The lowest BCUT2D eigenvalue weighted by atomic mass is 10.0. The third kappa shape index (κ3) is 2.99. The Morgan fingerprint density at radius 1 is 1.19 bits per heavy atom. The molecule has 16 heavy (non-hydrogen) atoms. The number of rotatable bonds is 5. The van der Waals surface area contributed by atoms with E-state index in [1.165, 1.54) is 11.3 Å². The van der Waals surface area contributed by atoms with E-state index in [4.69, 9.17) is 0 Å². The van der Waals surface area contributed by atoms with Crippen LogP contribution in [0.25, 0.3) is 0 Å². The molecular weight excluding hydrogens is 196 g/mol. The average molecular weight is 220 g/mol. The van der Waals surface area contributed by atoms with E-state index in [0.29, 0.717) is 0 Å². The normalized spacial score (nSPS) is 11.6. The molecule has 1 aromatic carbocycles. The lowest BCUT2D eigenvalue weighted by Crippen LogP contribution is -2.48. The maximum Gasteiger partial charge on any atom is 0.0466 e. The van der Waals surface area contributed by atoms with Gasteiger partial charge in [0, 0.05) is 24.8 Å². The molecule has 0 fully saturated rings. The van der Waals surface area contributed by atoms with Gasteiger partial charge in [-0.2, -0.15) is 0 Å². The van der Waals surface area contributed by atoms with E-state index in [1.807, 2.05) is 7.05 Å². The molecule has 0 aliphatic carbocycles. The van der Waals surface area contributed by atoms with Crippen molar-refractivity contribution in [2.45, 2.75) is 32.7 Å². The first-order valence-corrected chi connectivity index (χ1v) is 5.98. The van der Waals surface area contributed by atoms with Crippen molar-refractivity contribution in [3.05, 3.63) is 29.8 Å². The van der Waals surface area contributed by atoms with Crippen LogP contribution >= 0.6 is 0 Å². The molecule has 0 aliphatic heterocycles. The van der Waals surface area contributed by atoms with Crippen molar-refractivity contribution in [2.75, 3.05) is 25.5 Å².